The maximum Gasteiger partial charge on any atom is 0.199 e. The molecule has 0 bridgehead atoms. The van der Waals surface area contributed by atoms with Gasteiger partial charge in [-0.1, -0.05) is 25.4 Å². The van der Waals surface area contributed by atoms with E-state index in [9.17, 15) is 5.21 Å². The molecule has 0 atom stereocenters. The Morgan fingerprint density at radius 3 is 2.55 bits per heavy atom. The Morgan fingerprint density at radius 1 is 1.45 bits per heavy atom. The molecule has 0 fully saturated rings. The average molecular weight is 172 g/mol. The van der Waals surface area contributed by atoms with Crippen LogP contribution >= 0.6 is 11.6 Å². The van der Waals surface area contributed by atoms with E-state index in [2.05, 4.69) is 0 Å². The Bertz CT molecular complexity index is 240. The first-order valence-electron chi connectivity index (χ1n) is 3.49. The van der Waals surface area contributed by atoms with Gasteiger partial charge in [0.15, 0.2) is 12.4 Å². The Labute approximate surface area is 71.0 Å². The molecule has 0 aromatic carbocycles. The second-order valence-electron chi connectivity index (χ2n) is 2.80. The highest BCUT2D eigenvalue weighted by atomic mass is 35.5. The number of aromatic nitrogens is 1. The van der Waals surface area contributed by atoms with E-state index in [1.807, 2.05) is 13.8 Å². The van der Waals surface area contributed by atoms with Crippen LogP contribution in [0.15, 0.2) is 18.5 Å². The lowest BCUT2D eigenvalue weighted by atomic mass is 10.1. The largest absolute Gasteiger partial charge is 0.619 e. The van der Waals surface area contributed by atoms with E-state index in [0.717, 1.165) is 10.3 Å². The Morgan fingerprint density at radius 2 is 2.09 bits per heavy atom. The van der Waals surface area contributed by atoms with Gasteiger partial charge in [-0.25, -0.2) is 0 Å². The van der Waals surface area contributed by atoms with Crippen molar-refractivity contribution in [3.8, 4) is 0 Å². The van der Waals surface area contributed by atoms with Gasteiger partial charge in [-0.2, -0.15) is 4.73 Å². The van der Waals surface area contributed by atoms with Crippen LogP contribution in [0, 0.1) is 5.21 Å². The quantitative estimate of drug-likeness (QED) is 0.470. The molecule has 60 valence electrons. The lowest BCUT2D eigenvalue weighted by molar-refractivity contribution is -0.605. The smallest absolute Gasteiger partial charge is 0.199 e. The minimum absolute atomic E-state index is 0.342. The average Bonchev–Trinajstić information content (AvgIpc) is 1.85. The molecule has 1 aromatic heterocycles. The van der Waals surface area contributed by atoms with E-state index in [4.69, 9.17) is 11.6 Å². The van der Waals surface area contributed by atoms with Gasteiger partial charge in [-0.05, 0) is 12.0 Å². The molecule has 1 aromatic rings. The van der Waals surface area contributed by atoms with Crippen molar-refractivity contribution >= 4 is 11.6 Å². The predicted molar refractivity (Wildman–Crippen MR) is 44.5 cm³/mol. The van der Waals surface area contributed by atoms with Gasteiger partial charge < -0.3 is 5.21 Å². The zero-order chi connectivity index (χ0) is 8.43. The van der Waals surface area contributed by atoms with Crippen molar-refractivity contribution in [1.82, 2.24) is 0 Å². The molecule has 0 aliphatic rings. The number of rotatable bonds is 1. The predicted octanol–water partition coefficient (Wildman–Crippen LogP) is 2.10. The van der Waals surface area contributed by atoms with E-state index in [0.29, 0.717) is 10.9 Å². The Hall–Kier alpha value is -0.760. The van der Waals surface area contributed by atoms with E-state index in [1.54, 1.807) is 6.07 Å². The summed E-state index contributed by atoms with van der Waals surface area (Å²) in [4.78, 5) is 0. The van der Waals surface area contributed by atoms with Crippen LogP contribution in [0.2, 0.25) is 5.02 Å². The fourth-order valence-corrected chi connectivity index (χ4v) is 1.08. The van der Waals surface area contributed by atoms with Gasteiger partial charge in [-0.3, -0.25) is 0 Å². The lowest BCUT2D eigenvalue weighted by Crippen LogP contribution is -2.25. The highest BCUT2D eigenvalue weighted by molar-refractivity contribution is 6.30. The molecular formula is C8H10ClNO. The SMILES string of the molecule is CC(C)c1cc(Cl)c[n+]([O-])c1. The Balaban J connectivity index is 3.08. The molecule has 11 heavy (non-hydrogen) atoms. The summed E-state index contributed by atoms with van der Waals surface area (Å²) in [7, 11) is 0. The first kappa shape index (κ1) is 8.34. The molecule has 0 amide bonds. The minimum atomic E-state index is 0.342. The van der Waals surface area contributed by atoms with Crippen LogP contribution in [0.25, 0.3) is 0 Å². The summed E-state index contributed by atoms with van der Waals surface area (Å²) in [5, 5.41) is 11.3. The fourth-order valence-electron chi connectivity index (χ4n) is 0.855. The molecule has 0 spiro atoms. The number of nitrogens with zero attached hydrogens (tertiary/aromatic N) is 1. The fraction of sp³-hybridized carbons (Fsp3) is 0.375. The van der Waals surface area contributed by atoms with Crippen molar-refractivity contribution < 1.29 is 4.73 Å². The van der Waals surface area contributed by atoms with E-state index >= 15 is 0 Å². The van der Waals surface area contributed by atoms with Crippen molar-refractivity contribution in [2.75, 3.05) is 0 Å². The number of hydrogen-bond acceptors (Lipinski definition) is 1. The molecule has 0 aliphatic carbocycles. The van der Waals surface area contributed by atoms with Crippen LogP contribution in [0.3, 0.4) is 0 Å². The molecule has 2 nitrogen and oxygen atoms in total. The van der Waals surface area contributed by atoms with Crippen LogP contribution in [-0.2, 0) is 0 Å². The van der Waals surface area contributed by atoms with Crippen molar-refractivity contribution in [3.63, 3.8) is 0 Å². The van der Waals surface area contributed by atoms with Crippen molar-refractivity contribution in [1.29, 1.82) is 0 Å². The second kappa shape index (κ2) is 3.09. The summed E-state index contributed by atoms with van der Waals surface area (Å²) in [5.41, 5.74) is 0.965. The minimum Gasteiger partial charge on any atom is -0.619 e. The van der Waals surface area contributed by atoms with Crippen molar-refractivity contribution in [2.45, 2.75) is 19.8 Å². The van der Waals surface area contributed by atoms with Gasteiger partial charge in [-0.15, -0.1) is 0 Å². The number of halogens is 1. The topological polar surface area (TPSA) is 26.9 Å². The maximum atomic E-state index is 10.8. The third-order valence-corrected chi connectivity index (χ3v) is 1.70. The first-order valence-corrected chi connectivity index (χ1v) is 3.86. The van der Waals surface area contributed by atoms with Crippen LogP contribution in [0.4, 0.5) is 0 Å². The number of hydrogen-bond donors (Lipinski definition) is 0. The third kappa shape index (κ3) is 2.09. The number of pyridine rings is 1. The van der Waals surface area contributed by atoms with Crippen LogP contribution in [0.5, 0.6) is 0 Å². The Kier molecular flexibility index (Phi) is 2.35. The summed E-state index contributed by atoms with van der Waals surface area (Å²) in [6, 6.07) is 1.81. The van der Waals surface area contributed by atoms with Crippen LogP contribution < -0.4 is 4.73 Å². The summed E-state index contributed by atoms with van der Waals surface area (Å²) >= 11 is 5.67. The van der Waals surface area contributed by atoms with Gasteiger partial charge in [0.2, 0.25) is 0 Å². The van der Waals surface area contributed by atoms with E-state index in [-0.39, 0.29) is 0 Å². The normalized spacial score (nSPS) is 10.5. The lowest BCUT2D eigenvalue weighted by Gasteiger charge is -2.04. The molecule has 0 saturated carbocycles. The molecule has 0 radical (unpaired) electrons. The summed E-state index contributed by atoms with van der Waals surface area (Å²) in [6.45, 7) is 4.04. The summed E-state index contributed by atoms with van der Waals surface area (Å²) < 4.78 is 0.734. The molecule has 1 heterocycles. The highest BCUT2D eigenvalue weighted by Gasteiger charge is 2.04. The van der Waals surface area contributed by atoms with Gasteiger partial charge >= 0.3 is 0 Å². The maximum absolute atomic E-state index is 10.8. The van der Waals surface area contributed by atoms with E-state index in [1.165, 1.54) is 12.4 Å². The molecule has 1 rings (SSSR count). The van der Waals surface area contributed by atoms with Crippen molar-refractivity contribution in [2.24, 2.45) is 0 Å². The van der Waals surface area contributed by atoms with Gasteiger partial charge in [0.05, 0.1) is 0 Å². The molecule has 0 N–H and O–H groups in total. The monoisotopic (exact) mass is 171 g/mol. The van der Waals surface area contributed by atoms with Crippen LogP contribution in [-0.4, -0.2) is 0 Å². The standard InChI is InChI=1S/C8H10ClNO/c1-6(2)7-3-8(9)5-10(11)4-7/h3-6H,1-2H3. The van der Waals surface area contributed by atoms with Gasteiger partial charge in [0.25, 0.3) is 0 Å². The zero-order valence-corrected chi connectivity index (χ0v) is 7.30. The van der Waals surface area contributed by atoms with Crippen LogP contribution in [0.1, 0.15) is 25.3 Å². The molecule has 3 heteroatoms. The third-order valence-electron chi connectivity index (χ3n) is 1.50. The second-order valence-corrected chi connectivity index (χ2v) is 3.24. The summed E-state index contributed by atoms with van der Waals surface area (Å²) in [5.74, 6) is 0.342. The molecular weight excluding hydrogens is 162 g/mol. The van der Waals surface area contributed by atoms with Gasteiger partial charge in [0, 0.05) is 5.56 Å². The molecule has 0 saturated heterocycles. The first-order chi connectivity index (χ1) is 5.09. The molecule has 0 unspecified atom stereocenters. The zero-order valence-electron chi connectivity index (χ0n) is 6.54. The summed E-state index contributed by atoms with van der Waals surface area (Å²) in [6.07, 6.45) is 2.88. The highest BCUT2D eigenvalue weighted by Crippen LogP contribution is 2.15. The van der Waals surface area contributed by atoms with E-state index < -0.39 is 0 Å². The van der Waals surface area contributed by atoms with Crippen molar-refractivity contribution in [3.05, 3.63) is 34.3 Å². The van der Waals surface area contributed by atoms with Gasteiger partial charge in [0.1, 0.15) is 5.02 Å². The molecule has 0 aliphatic heterocycles.